The quantitative estimate of drug-likeness (QED) is 0.573. The lowest BCUT2D eigenvalue weighted by atomic mass is 9.61. The first-order valence-corrected chi connectivity index (χ1v) is 10.0. The molecular weight excluding hydrogens is 336 g/mol. The minimum absolute atomic E-state index is 0.150. The van der Waals surface area contributed by atoms with Crippen LogP contribution in [0.2, 0.25) is 0 Å². The van der Waals surface area contributed by atoms with Gasteiger partial charge >= 0.3 is 0 Å². The molecule has 0 saturated heterocycles. The Kier molecular flexibility index (Phi) is 6.57. The molecule has 134 valence electrons. The molecule has 5 heteroatoms. The molecule has 3 atom stereocenters. The molecule has 0 spiro atoms. The van der Waals surface area contributed by atoms with Crippen molar-refractivity contribution in [1.29, 1.82) is 0 Å². The van der Waals surface area contributed by atoms with Crippen LogP contribution in [0, 0.1) is 10.8 Å². The van der Waals surface area contributed by atoms with Gasteiger partial charge in [0.25, 0.3) is 5.17 Å². The fourth-order valence-corrected chi connectivity index (χ4v) is 5.61. The van der Waals surface area contributed by atoms with Gasteiger partial charge in [0.1, 0.15) is 5.75 Å². The van der Waals surface area contributed by atoms with Gasteiger partial charge in [-0.1, -0.05) is 57.8 Å². The monoisotopic (exact) mass is 366 g/mol. The number of nitrogens with two attached hydrogens (primary N) is 1. The van der Waals surface area contributed by atoms with Gasteiger partial charge in [0.15, 0.2) is 0 Å². The molecule has 0 amide bonds. The second-order valence-electron chi connectivity index (χ2n) is 7.97. The summed E-state index contributed by atoms with van der Waals surface area (Å²) in [5.74, 6) is 0.773. The number of benzene rings is 1. The molecule has 0 bridgehead atoms. The molecule has 1 aliphatic carbocycles. The van der Waals surface area contributed by atoms with Crippen molar-refractivity contribution in [3.8, 4) is 5.75 Å². The van der Waals surface area contributed by atoms with Gasteiger partial charge in [-0.05, 0) is 60.9 Å². The molecule has 0 radical (unpaired) electrons. The van der Waals surface area contributed by atoms with Crippen molar-refractivity contribution in [3.05, 3.63) is 30.3 Å². The van der Waals surface area contributed by atoms with E-state index in [0.717, 1.165) is 25.0 Å². The van der Waals surface area contributed by atoms with Gasteiger partial charge in [0.05, 0.1) is 0 Å². The van der Waals surface area contributed by atoms with E-state index in [2.05, 4.69) is 33.0 Å². The van der Waals surface area contributed by atoms with Crippen LogP contribution in [0.5, 0.6) is 5.75 Å². The van der Waals surface area contributed by atoms with Crippen LogP contribution in [0.25, 0.3) is 0 Å². The predicted molar refractivity (Wildman–Crippen MR) is 108 cm³/mol. The number of thiocarbonyl (C=S) groups is 1. The Balaban J connectivity index is 2.07. The van der Waals surface area contributed by atoms with Crippen LogP contribution in [-0.2, 0) is 0 Å². The fourth-order valence-electron chi connectivity index (χ4n) is 4.34. The van der Waals surface area contributed by atoms with Crippen LogP contribution in [0.1, 0.15) is 53.4 Å². The average molecular weight is 367 g/mol. The van der Waals surface area contributed by atoms with Crippen molar-refractivity contribution in [2.75, 3.05) is 0 Å². The zero-order chi connectivity index (χ0) is 17.8. The predicted octanol–water partition coefficient (Wildman–Crippen LogP) is 4.91. The molecule has 1 fully saturated rings. The lowest BCUT2D eigenvalue weighted by Gasteiger charge is -2.50. The van der Waals surface area contributed by atoms with Crippen LogP contribution in [-0.4, -0.2) is 16.5 Å². The maximum Gasteiger partial charge on any atom is 0.262 e. The van der Waals surface area contributed by atoms with E-state index in [-0.39, 0.29) is 11.5 Å². The van der Waals surface area contributed by atoms with E-state index in [0.29, 0.717) is 15.8 Å². The van der Waals surface area contributed by atoms with Crippen molar-refractivity contribution >= 4 is 29.3 Å². The molecule has 3 unspecified atom stereocenters. The van der Waals surface area contributed by atoms with Crippen molar-refractivity contribution in [1.82, 2.24) is 5.32 Å². The summed E-state index contributed by atoms with van der Waals surface area (Å²) < 4.78 is 5.78. The van der Waals surface area contributed by atoms with Gasteiger partial charge < -0.3 is 10.1 Å². The maximum atomic E-state index is 5.94. The standard InChI is InChI=1S/C19H30N2OS2/c1-5-16(21-17(23)22-14-9-7-6-8-10-14)19(4)12-15(24-20)11-18(2,3)13-19/h6-10,15-16H,5,11-13,20H2,1-4H3,(H,21,23). The third-order valence-electron chi connectivity index (χ3n) is 5.04. The Morgan fingerprint density at radius 1 is 1.33 bits per heavy atom. The van der Waals surface area contributed by atoms with Crippen molar-refractivity contribution in [2.45, 2.75) is 64.7 Å². The SMILES string of the molecule is CCC(NC(=S)Oc1ccccc1)C1(C)CC(SN)CC(C)(C)C1. The van der Waals surface area contributed by atoms with Crippen molar-refractivity contribution < 1.29 is 4.74 Å². The Morgan fingerprint density at radius 2 is 2.00 bits per heavy atom. The third kappa shape index (κ3) is 5.11. The molecule has 2 rings (SSSR count). The normalized spacial score (nSPS) is 27.3. The van der Waals surface area contributed by atoms with E-state index in [4.69, 9.17) is 22.1 Å². The number of ether oxygens (including phenoxy) is 1. The third-order valence-corrected chi connectivity index (χ3v) is 5.96. The second kappa shape index (κ2) is 8.07. The van der Waals surface area contributed by atoms with Gasteiger partial charge in [-0.15, -0.1) is 0 Å². The summed E-state index contributed by atoms with van der Waals surface area (Å²) in [6.07, 6.45) is 4.45. The van der Waals surface area contributed by atoms with Crippen molar-refractivity contribution in [2.24, 2.45) is 16.0 Å². The Labute approximate surface area is 156 Å². The van der Waals surface area contributed by atoms with E-state index >= 15 is 0 Å². The van der Waals surface area contributed by atoms with E-state index in [1.807, 2.05) is 30.3 Å². The molecule has 3 nitrogen and oxygen atoms in total. The van der Waals surface area contributed by atoms with Crippen LogP contribution in [0.4, 0.5) is 0 Å². The molecule has 0 aromatic heterocycles. The van der Waals surface area contributed by atoms with Gasteiger partial charge in [0, 0.05) is 11.3 Å². The highest BCUT2D eigenvalue weighted by Crippen LogP contribution is 2.50. The summed E-state index contributed by atoms with van der Waals surface area (Å²) in [5.41, 5.74) is 0.443. The molecular formula is C19H30N2OS2. The number of hydrogen-bond donors (Lipinski definition) is 2. The average Bonchev–Trinajstić information content (AvgIpc) is 2.51. The van der Waals surface area contributed by atoms with Gasteiger partial charge in [-0.3, -0.25) is 5.14 Å². The lowest BCUT2D eigenvalue weighted by Crippen LogP contribution is -2.52. The van der Waals surface area contributed by atoms with E-state index in [1.54, 1.807) is 0 Å². The molecule has 3 N–H and O–H groups in total. The van der Waals surface area contributed by atoms with Crippen LogP contribution < -0.4 is 15.2 Å². The minimum atomic E-state index is 0.150. The van der Waals surface area contributed by atoms with Gasteiger partial charge in [-0.25, -0.2) is 0 Å². The van der Waals surface area contributed by atoms with E-state index < -0.39 is 0 Å². The number of nitrogens with one attached hydrogen (secondary N) is 1. The highest BCUT2D eigenvalue weighted by molar-refractivity contribution is 7.97. The Hall–Kier alpha value is -0.780. The molecule has 1 aromatic carbocycles. The lowest BCUT2D eigenvalue weighted by molar-refractivity contribution is 0.0697. The summed E-state index contributed by atoms with van der Waals surface area (Å²) >= 11 is 6.96. The maximum absolute atomic E-state index is 5.94. The highest BCUT2D eigenvalue weighted by Gasteiger charge is 2.45. The van der Waals surface area contributed by atoms with Crippen LogP contribution in [0.3, 0.4) is 0 Å². The Morgan fingerprint density at radius 3 is 2.58 bits per heavy atom. The largest absolute Gasteiger partial charge is 0.432 e. The van der Waals surface area contributed by atoms with Gasteiger partial charge in [0.2, 0.25) is 0 Å². The summed E-state index contributed by atoms with van der Waals surface area (Å²) in [4.78, 5) is 0. The van der Waals surface area contributed by atoms with Crippen molar-refractivity contribution in [3.63, 3.8) is 0 Å². The molecule has 24 heavy (non-hydrogen) atoms. The number of hydrogen-bond acceptors (Lipinski definition) is 4. The Bertz CT molecular complexity index is 550. The number of para-hydroxylation sites is 1. The first-order chi connectivity index (χ1) is 11.3. The molecule has 0 aliphatic heterocycles. The molecule has 1 saturated carbocycles. The topological polar surface area (TPSA) is 47.3 Å². The second-order valence-corrected chi connectivity index (χ2v) is 9.28. The van der Waals surface area contributed by atoms with Gasteiger partial charge in [-0.2, -0.15) is 0 Å². The number of rotatable bonds is 5. The summed E-state index contributed by atoms with van der Waals surface area (Å²) in [6, 6.07) is 9.98. The van der Waals surface area contributed by atoms with Crippen LogP contribution >= 0.6 is 24.2 Å². The minimum Gasteiger partial charge on any atom is -0.432 e. The van der Waals surface area contributed by atoms with E-state index in [1.165, 1.54) is 18.4 Å². The molecule has 0 heterocycles. The van der Waals surface area contributed by atoms with E-state index in [9.17, 15) is 0 Å². The molecule has 1 aliphatic rings. The first-order valence-electron chi connectivity index (χ1n) is 8.67. The van der Waals surface area contributed by atoms with Crippen LogP contribution in [0.15, 0.2) is 30.3 Å². The highest BCUT2D eigenvalue weighted by atomic mass is 32.2. The molecule has 1 aromatic rings. The zero-order valence-corrected chi connectivity index (χ0v) is 16.8. The summed E-state index contributed by atoms with van der Waals surface area (Å²) in [6.45, 7) is 9.27. The fraction of sp³-hybridized carbons (Fsp3) is 0.632. The first kappa shape index (κ1) is 19.5. The smallest absolute Gasteiger partial charge is 0.262 e. The summed E-state index contributed by atoms with van der Waals surface area (Å²) in [7, 11) is 0. The summed E-state index contributed by atoms with van der Waals surface area (Å²) in [5, 5.41) is 10.4. The zero-order valence-electron chi connectivity index (χ0n) is 15.2.